The normalized spacial score (nSPS) is 15.6. The number of hydrogen-bond donors (Lipinski definition) is 1. The van der Waals surface area contributed by atoms with Crippen LogP contribution < -0.4 is 10.2 Å². The van der Waals surface area contributed by atoms with Crippen LogP contribution in [0.15, 0.2) is 36.5 Å². The van der Waals surface area contributed by atoms with Crippen molar-refractivity contribution in [3.63, 3.8) is 0 Å². The molecule has 1 aromatic carbocycles. The molecule has 1 aliphatic heterocycles. The first kappa shape index (κ1) is 19.6. The summed E-state index contributed by atoms with van der Waals surface area (Å²) in [7, 11) is 0. The van der Waals surface area contributed by atoms with Gasteiger partial charge in [-0.15, -0.1) is 0 Å². The first-order valence-corrected chi connectivity index (χ1v) is 9.84. The Bertz CT molecular complexity index is 783. The van der Waals surface area contributed by atoms with E-state index in [1.54, 1.807) is 0 Å². The van der Waals surface area contributed by atoms with E-state index in [2.05, 4.69) is 41.0 Å². The predicted molar refractivity (Wildman–Crippen MR) is 109 cm³/mol. The highest BCUT2D eigenvalue weighted by Crippen LogP contribution is 2.30. The Balaban J connectivity index is 1.83. The molecule has 1 amide bonds. The van der Waals surface area contributed by atoms with Crippen molar-refractivity contribution in [2.24, 2.45) is 5.41 Å². The Morgan fingerprint density at radius 3 is 2.52 bits per heavy atom. The zero-order valence-electron chi connectivity index (χ0n) is 16.2. The topological polar surface area (TPSA) is 58.1 Å². The van der Waals surface area contributed by atoms with Crippen molar-refractivity contribution in [2.45, 2.75) is 46.1 Å². The molecule has 0 aliphatic carbocycles. The van der Waals surface area contributed by atoms with Gasteiger partial charge < -0.3 is 10.2 Å². The highest BCUT2D eigenvalue weighted by molar-refractivity contribution is 6.33. The summed E-state index contributed by atoms with van der Waals surface area (Å²) in [6, 6.07) is 9.91. The van der Waals surface area contributed by atoms with Crippen molar-refractivity contribution in [3.05, 3.63) is 52.8 Å². The molecule has 2 heterocycles. The van der Waals surface area contributed by atoms with Gasteiger partial charge in [-0.25, -0.2) is 9.97 Å². The van der Waals surface area contributed by atoms with E-state index in [9.17, 15) is 4.79 Å². The number of amides is 1. The second kappa shape index (κ2) is 8.26. The van der Waals surface area contributed by atoms with E-state index in [1.807, 2.05) is 30.3 Å². The van der Waals surface area contributed by atoms with Gasteiger partial charge in [-0.3, -0.25) is 4.79 Å². The van der Waals surface area contributed by atoms with Gasteiger partial charge in [0.05, 0.1) is 17.3 Å². The average Bonchev–Trinajstić information content (AvgIpc) is 3.16. The predicted octanol–water partition coefficient (Wildman–Crippen LogP) is 4.64. The minimum Gasteiger partial charge on any atom is -0.344 e. The van der Waals surface area contributed by atoms with Crippen molar-refractivity contribution < 1.29 is 4.79 Å². The molecule has 1 saturated heterocycles. The van der Waals surface area contributed by atoms with Crippen LogP contribution in [-0.4, -0.2) is 29.0 Å². The number of halogens is 1. The summed E-state index contributed by atoms with van der Waals surface area (Å²) < 4.78 is 0. The summed E-state index contributed by atoms with van der Waals surface area (Å²) in [6.45, 7) is 8.33. The molecule has 0 radical (unpaired) electrons. The first-order valence-electron chi connectivity index (χ1n) is 9.47. The maximum absolute atomic E-state index is 13.0. The lowest BCUT2D eigenvalue weighted by atomic mass is 9.85. The molecule has 27 heavy (non-hydrogen) atoms. The van der Waals surface area contributed by atoms with Gasteiger partial charge in [-0.05, 0) is 30.2 Å². The lowest BCUT2D eigenvalue weighted by Gasteiger charge is -2.27. The Kier molecular flexibility index (Phi) is 6.00. The SMILES string of the molecule is CC(C)(C)CC(NC(=O)c1nc(N2CCCC2)ncc1Cl)c1ccccc1. The third-order valence-electron chi connectivity index (χ3n) is 4.66. The molecule has 0 spiro atoms. The van der Waals surface area contributed by atoms with Gasteiger partial charge in [0, 0.05) is 13.1 Å². The highest BCUT2D eigenvalue weighted by atomic mass is 35.5. The minimum absolute atomic E-state index is 0.0595. The quantitative estimate of drug-likeness (QED) is 0.813. The summed E-state index contributed by atoms with van der Waals surface area (Å²) in [5.41, 5.74) is 1.37. The van der Waals surface area contributed by atoms with Gasteiger partial charge in [-0.1, -0.05) is 62.7 Å². The van der Waals surface area contributed by atoms with E-state index in [0.29, 0.717) is 5.95 Å². The van der Waals surface area contributed by atoms with Gasteiger partial charge in [0.15, 0.2) is 5.69 Å². The van der Waals surface area contributed by atoms with Crippen molar-refractivity contribution in [1.82, 2.24) is 15.3 Å². The lowest BCUT2D eigenvalue weighted by Crippen LogP contribution is -2.32. The molecule has 1 aliphatic rings. The van der Waals surface area contributed by atoms with Gasteiger partial charge >= 0.3 is 0 Å². The molecule has 5 nitrogen and oxygen atoms in total. The fraction of sp³-hybridized carbons (Fsp3) is 0.476. The average molecular weight is 387 g/mol. The molecular weight excluding hydrogens is 360 g/mol. The number of anilines is 1. The van der Waals surface area contributed by atoms with Crippen molar-refractivity contribution in [2.75, 3.05) is 18.0 Å². The number of benzene rings is 1. The van der Waals surface area contributed by atoms with E-state index in [4.69, 9.17) is 11.6 Å². The molecular formula is C21H27ClN4O. The van der Waals surface area contributed by atoms with Gasteiger partial charge in [0.25, 0.3) is 5.91 Å². The third kappa shape index (κ3) is 5.19. The number of rotatable bonds is 5. The molecule has 0 bridgehead atoms. The third-order valence-corrected chi connectivity index (χ3v) is 4.94. The minimum atomic E-state index is -0.263. The van der Waals surface area contributed by atoms with E-state index in [-0.39, 0.29) is 28.1 Å². The number of hydrogen-bond acceptors (Lipinski definition) is 4. The molecule has 6 heteroatoms. The monoisotopic (exact) mass is 386 g/mol. The number of nitrogens with zero attached hydrogens (tertiary/aromatic N) is 3. The van der Waals surface area contributed by atoms with Crippen molar-refractivity contribution in [1.29, 1.82) is 0 Å². The lowest BCUT2D eigenvalue weighted by molar-refractivity contribution is 0.0921. The number of nitrogens with one attached hydrogen (secondary N) is 1. The molecule has 1 atom stereocenters. The van der Waals surface area contributed by atoms with Crippen LogP contribution in [-0.2, 0) is 0 Å². The zero-order valence-corrected chi connectivity index (χ0v) is 17.0. The molecule has 144 valence electrons. The van der Waals surface area contributed by atoms with Crippen LogP contribution in [0.3, 0.4) is 0 Å². The fourth-order valence-corrected chi connectivity index (χ4v) is 3.54. The van der Waals surface area contributed by atoms with Crippen LogP contribution in [0.1, 0.15) is 62.1 Å². The standard InChI is InChI=1S/C21H27ClN4O/c1-21(2,3)13-17(15-9-5-4-6-10-15)24-19(27)18-16(22)14-23-20(25-18)26-11-7-8-12-26/h4-6,9-10,14,17H,7-8,11-13H2,1-3H3,(H,24,27). The molecule has 1 unspecified atom stereocenters. The van der Waals surface area contributed by atoms with Crippen LogP contribution in [0, 0.1) is 5.41 Å². The number of carbonyl (C=O) groups excluding carboxylic acids is 1. The molecule has 2 aromatic rings. The molecule has 0 saturated carbocycles. The highest BCUT2D eigenvalue weighted by Gasteiger charge is 2.25. The Hall–Kier alpha value is -2.14. The smallest absolute Gasteiger partial charge is 0.272 e. The van der Waals surface area contributed by atoms with Crippen LogP contribution in [0.4, 0.5) is 5.95 Å². The maximum Gasteiger partial charge on any atom is 0.272 e. The Labute approximate surface area is 166 Å². The van der Waals surface area contributed by atoms with Gasteiger partial charge in [0.2, 0.25) is 5.95 Å². The number of aromatic nitrogens is 2. The first-order chi connectivity index (χ1) is 12.8. The molecule has 1 N–H and O–H groups in total. The van der Waals surface area contributed by atoms with Crippen molar-refractivity contribution >= 4 is 23.5 Å². The summed E-state index contributed by atoms with van der Waals surface area (Å²) in [5, 5.41) is 3.41. The summed E-state index contributed by atoms with van der Waals surface area (Å²) in [6.07, 6.45) is 4.58. The maximum atomic E-state index is 13.0. The fourth-order valence-electron chi connectivity index (χ4n) is 3.36. The molecule has 1 fully saturated rings. The van der Waals surface area contributed by atoms with Crippen LogP contribution >= 0.6 is 11.6 Å². The largest absolute Gasteiger partial charge is 0.344 e. The van der Waals surface area contributed by atoms with Crippen LogP contribution in [0.25, 0.3) is 0 Å². The van der Waals surface area contributed by atoms with E-state index < -0.39 is 0 Å². The second-order valence-electron chi connectivity index (χ2n) is 8.26. The summed E-state index contributed by atoms with van der Waals surface area (Å²) in [4.78, 5) is 23.9. The summed E-state index contributed by atoms with van der Waals surface area (Å²) >= 11 is 6.26. The zero-order chi connectivity index (χ0) is 19.4. The number of carbonyl (C=O) groups is 1. The van der Waals surface area contributed by atoms with Gasteiger partial charge in [0.1, 0.15) is 0 Å². The van der Waals surface area contributed by atoms with E-state index in [0.717, 1.165) is 37.9 Å². The van der Waals surface area contributed by atoms with Crippen LogP contribution in [0.2, 0.25) is 5.02 Å². The van der Waals surface area contributed by atoms with E-state index in [1.165, 1.54) is 6.20 Å². The van der Waals surface area contributed by atoms with Crippen molar-refractivity contribution in [3.8, 4) is 0 Å². The van der Waals surface area contributed by atoms with Crippen LogP contribution in [0.5, 0.6) is 0 Å². The summed E-state index contributed by atoms with van der Waals surface area (Å²) in [5.74, 6) is 0.315. The van der Waals surface area contributed by atoms with Gasteiger partial charge in [-0.2, -0.15) is 0 Å². The Morgan fingerprint density at radius 2 is 1.89 bits per heavy atom. The second-order valence-corrected chi connectivity index (χ2v) is 8.67. The molecule has 3 rings (SSSR count). The Morgan fingerprint density at radius 1 is 1.22 bits per heavy atom. The molecule has 1 aromatic heterocycles. The van der Waals surface area contributed by atoms with E-state index >= 15 is 0 Å².